The van der Waals surface area contributed by atoms with Gasteiger partial charge in [-0.1, -0.05) is 11.3 Å². The third-order valence-electron chi connectivity index (χ3n) is 3.83. The van der Waals surface area contributed by atoms with Gasteiger partial charge in [0.1, 0.15) is 12.2 Å². The predicted octanol–water partition coefficient (Wildman–Crippen LogP) is 0.471. The fraction of sp³-hybridized carbons (Fsp3) is 0.467. The summed E-state index contributed by atoms with van der Waals surface area (Å²) in [4.78, 5) is 28.9. The third-order valence-corrected chi connectivity index (χ3v) is 4.68. The summed E-state index contributed by atoms with van der Waals surface area (Å²) >= 11 is 1.44. The van der Waals surface area contributed by atoms with Gasteiger partial charge >= 0.3 is 0 Å². The van der Waals surface area contributed by atoms with Crippen LogP contribution in [0.15, 0.2) is 23.7 Å². The Morgan fingerprint density at radius 2 is 2.00 bits per heavy atom. The largest absolute Gasteiger partial charge is 0.378 e. The highest BCUT2D eigenvalue weighted by molar-refractivity contribution is 7.12. The van der Waals surface area contributed by atoms with Gasteiger partial charge < -0.3 is 14.5 Å². The van der Waals surface area contributed by atoms with Crippen molar-refractivity contribution in [3.63, 3.8) is 0 Å². The molecule has 2 amide bonds. The van der Waals surface area contributed by atoms with E-state index in [1.165, 1.54) is 16.0 Å². The standard InChI is InChI=1S/C15H19N5O3S/c1-23-11-12-9-20(17-16-12)10-14(21)18-4-6-19(7-5-18)15(22)13-3-2-8-24-13/h2-3,8-9H,4-7,10-11H2,1H3. The van der Waals surface area contributed by atoms with E-state index in [9.17, 15) is 9.59 Å². The fourth-order valence-electron chi connectivity index (χ4n) is 2.58. The molecule has 0 bridgehead atoms. The predicted molar refractivity (Wildman–Crippen MR) is 87.5 cm³/mol. The summed E-state index contributed by atoms with van der Waals surface area (Å²) in [5, 5.41) is 9.75. The Morgan fingerprint density at radius 3 is 2.67 bits per heavy atom. The molecule has 3 heterocycles. The van der Waals surface area contributed by atoms with E-state index in [0.717, 1.165) is 4.88 Å². The van der Waals surface area contributed by atoms with Crippen LogP contribution >= 0.6 is 11.3 Å². The van der Waals surface area contributed by atoms with Gasteiger partial charge in [0.2, 0.25) is 5.91 Å². The summed E-state index contributed by atoms with van der Waals surface area (Å²) in [6.45, 7) is 2.70. The molecule has 0 N–H and O–H groups in total. The number of aromatic nitrogens is 3. The van der Waals surface area contributed by atoms with Crippen LogP contribution in [0.4, 0.5) is 0 Å². The van der Waals surface area contributed by atoms with Crippen LogP contribution in [0.5, 0.6) is 0 Å². The molecule has 2 aromatic heterocycles. The van der Waals surface area contributed by atoms with Gasteiger partial charge in [-0.2, -0.15) is 0 Å². The van der Waals surface area contributed by atoms with Crippen LogP contribution in [0.1, 0.15) is 15.4 Å². The van der Waals surface area contributed by atoms with Crippen molar-refractivity contribution in [2.45, 2.75) is 13.2 Å². The number of rotatable bonds is 5. The molecule has 0 aliphatic carbocycles. The molecule has 9 heteroatoms. The van der Waals surface area contributed by atoms with E-state index < -0.39 is 0 Å². The van der Waals surface area contributed by atoms with Gasteiger partial charge in [0, 0.05) is 33.3 Å². The molecule has 2 aromatic rings. The molecular formula is C15H19N5O3S. The first-order chi connectivity index (χ1) is 11.7. The van der Waals surface area contributed by atoms with Crippen molar-refractivity contribution >= 4 is 23.2 Å². The second-order valence-electron chi connectivity index (χ2n) is 5.49. The molecule has 0 unspecified atom stereocenters. The zero-order valence-electron chi connectivity index (χ0n) is 13.4. The average molecular weight is 349 g/mol. The number of hydrogen-bond acceptors (Lipinski definition) is 6. The van der Waals surface area contributed by atoms with Crippen molar-refractivity contribution in [2.75, 3.05) is 33.3 Å². The molecule has 1 fully saturated rings. The second-order valence-corrected chi connectivity index (χ2v) is 6.44. The summed E-state index contributed by atoms with van der Waals surface area (Å²) in [6, 6.07) is 3.69. The molecule has 0 spiro atoms. The molecule has 128 valence electrons. The highest BCUT2D eigenvalue weighted by Crippen LogP contribution is 2.14. The van der Waals surface area contributed by atoms with E-state index >= 15 is 0 Å². The lowest BCUT2D eigenvalue weighted by molar-refractivity contribution is -0.133. The van der Waals surface area contributed by atoms with Gasteiger partial charge in [0.25, 0.3) is 5.91 Å². The number of nitrogens with zero attached hydrogens (tertiary/aromatic N) is 5. The maximum atomic E-state index is 12.3. The Bertz CT molecular complexity index is 692. The molecule has 0 atom stereocenters. The van der Waals surface area contributed by atoms with Crippen molar-refractivity contribution in [3.8, 4) is 0 Å². The second kappa shape index (κ2) is 7.54. The van der Waals surface area contributed by atoms with Crippen molar-refractivity contribution in [3.05, 3.63) is 34.3 Å². The monoisotopic (exact) mass is 349 g/mol. The first-order valence-electron chi connectivity index (χ1n) is 7.66. The normalized spacial score (nSPS) is 14.9. The van der Waals surface area contributed by atoms with Crippen LogP contribution in [0.2, 0.25) is 0 Å². The lowest BCUT2D eigenvalue weighted by Gasteiger charge is -2.34. The average Bonchev–Trinajstić information content (AvgIpc) is 3.27. The number of carbonyl (C=O) groups excluding carboxylic acids is 2. The summed E-state index contributed by atoms with van der Waals surface area (Å²) in [5.41, 5.74) is 0.691. The molecular weight excluding hydrogens is 330 g/mol. The molecule has 24 heavy (non-hydrogen) atoms. The van der Waals surface area contributed by atoms with Gasteiger partial charge in [0.15, 0.2) is 0 Å². The number of thiophene rings is 1. The van der Waals surface area contributed by atoms with E-state index in [1.807, 2.05) is 17.5 Å². The van der Waals surface area contributed by atoms with Crippen molar-refractivity contribution in [1.82, 2.24) is 24.8 Å². The lowest BCUT2D eigenvalue weighted by atomic mass is 10.3. The molecule has 3 rings (SSSR count). The Labute approximate surface area is 143 Å². The van der Waals surface area contributed by atoms with Crippen LogP contribution in [0.3, 0.4) is 0 Å². The van der Waals surface area contributed by atoms with Crippen LogP contribution in [-0.2, 0) is 22.7 Å². The maximum Gasteiger partial charge on any atom is 0.264 e. The van der Waals surface area contributed by atoms with Crippen molar-refractivity contribution < 1.29 is 14.3 Å². The number of carbonyl (C=O) groups is 2. The fourth-order valence-corrected chi connectivity index (χ4v) is 3.27. The summed E-state index contributed by atoms with van der Waals surface area (Å²) < 4.78 is 6.49. The summed E-state index contributed by atoms with van der Waals surface area (Å²) in [5.74, 6) is 0.0182. The highest BCUT2D eigenvalue weighted by Gasteiger charge is 2.25. The van der Waals surface area contributed by atoms with Gasteiger partial charge in [-0.3, -0.25) is 9.59 Å². The summed E-state index contributed by atoms with van der Waals surface area (Å²) in [6.07, 6.45) is 1.71. The van der Waals surface area contributed by atoms with E-state index in [-0.39, 0.29) is 18.4 Å². The number of amides is 2. The Balaban J connectivity index is 1.50. The van der Waals surface area contributed by atoms with E-state index in [0.29, 0.717) is 38.5 Å². The zero-order valence-corrected chi connectivity index (χ0v) is 14.2. The molecule has 1 aliphatic heterocycles. The molecule has 1 aliphatic rings. The smallest absolute Gasteiger partial charge is 0.264 e. The molecule has 8 nitrogen and oxygen atoms in total. The molecule has 0 aromatic carbocycles. The van der Waals surface area contributed by atoms with Gasteiger partial charge in [-0.15, -0.1) is 16.4 Å². The first-order valence-corrected chi connectivity index (χ1v) is 8.54. The number of hydrogen-bond donors (Lipinski definition) is 0. The number of ether oxygens (including phenoxy) is 1. The van der Waals surface area contributed by atoms with Crippen LogP contribution < -0.4 is 0 Å². The lowest BCUT2D eigenvalue weighted by Crippen LogP contribution is -2.51. The third kappa shape index (κ3) is 3.80. The van der Waals surface area contributed by atoms with Gasteiger partial charge in [-0.05, 0) is 11.4 Å². The van der Waals surface area contributed by atoms with Gasteiger partial charge in [0.05, 0.1) is 17.7 Å². The number of piperazine rings is 1. The van der Waals surface area contributed by atoms with Crippen molar-refractivity contribution in [2.24, 2.45) is 0 Å². The Morgan fingerprint density at radius 1 is 1.25 bits per heavy atom. The maximum absolute atomic E-state index is 12.3. The van der Waals surface area contributed by atoms with Crippen LogP contribution in [0.25, 0.3) is 0 Å². The summed E-state index contributed by atoms with van der Waals surface area (Å²) in [7, 11) is 1.58. The molecule has 0 radical (unpaired) electrons. The topological polar surface area (TPSA) is 80.6 Å². The zero-order chi connectivity index (χ0) is 16.9. The van der Waals surface area contributed by atoms with E-state index in [1.54, 1.807) is 23.1 Å². The van der Waals surface area contributed by atoms with Gasteiger partial charge in [-0.25, -0.2) is 4.68 Å². The number of methoxy groups -OCH3 is 1. The quantitative estimate of drug-likeness (QED) is 0.784. The minimum absolute atomic E-state index is 0.0212. The minimum atomic E-state index is -0.0212. The van der Waals surface area contributed by atoms with Crippen molar-refractivity contribution in [1.29, 1.82) is 0 Å². The minimum Gasteiger partial charge on any atom is -0.378 e. The Kier molecular flexibility index (Phi) is 5.21. The van der Waals surface area contributed by atoms with Crippen LogP contribution in [0, 0.1) is 0 Å². The molecule has 1 saturated heterocycles. The highest BCUT2D eigenvalue weighted by atomic mass is 32.1. The van der Waals surface area contributed by atoms with E-state index in [4.69, 9.17) is 4.74 Å². The van der Waals surface area contributed by atoms with E-state index in [2.05, 4.69) is 10.3 Å². The Hall–Kier alpha value is -2.26. The molecule has 0 saturated carbocycles. The SMILES string of the molecule is COCc1cn(CC(=O)N2CCN(C(=O)c3cccs3)CC2)nn1. The first kappa shape index (κ1) is 16.6. The van der Waals surface area contributed by atoms with Crippen LogP contribution in [-0.4, -0.2) is 69.9 Å².